The Kier molecular flexibility index (Phi) is 6.83. The number of thioether (sulfide) groups is 1. The van der Waals surface area contributed by atoms with Gasteiger partial charge < -0.3 is 19.9 Å². The van der Waals surface area contributed by atoms with Crippen LogP contribution in [0.1, 0.15) is 32.4 Å². The van der Waals surface area contributed by atoms with Crippen molar-refractivity contribution in [1.29, 1.82) is 0 Å². The molecule has 3 heterocycles. The average Bonchev–Trinajstić information content (AvgIpc) is 3.08. The first kappa shape index (κ1) is 21.2. The number of carbonyl (C=O) groups is 2. The number of nitrogens with zero attached hydrogens (tertiary/aromatic N) is 3. The van der Waals surface area contributed by atoms with Crippen molar-refractivity contribution in [2.45, 2.75) is 51.4 Å². The number of hydrogen-bond donors (Lipinski definition) is 2. The van der Waals surface area contributed by atoms with Gasteiger partial charge in [-0.15, -0.1) is 0 Å². The van der Waals surface area contributed by atoms with Crippen LogP contribution in [0.5, 0.6) is 0 Å². The summed E-state index contributed by atoms with van der Waals surface area (Å²) in [5.41, 5.74) is 1.86. The Morgan fingerprint density at radius 2 is 2.07 bits per heavy atom. The molecule has 0 spiro atoms. The monoisotopic (exact) mass is 421 g/mol. The fourth-order valence-electron chi connectivity index (χ4n) is 3.42. The minimum absolute atomic E-state index is 0.0323. The first-order valence-electron chi connectivity index (χ1n) is 9.86. The number of aromatic amines is 1. The Bertz CT molecular complexity index is 946. The molecule has 29 heavy (non-hydrogen) atoms. The highest BCUT2D eigenvalue weighted by molar-refractivity contribution is 7.99. The molecule has 0 saturated carbocycles. The smallest absolute Gasteiger partial charge is 0.409 e. The molecule has 2 aromatic heterocycles. The number of aromatic nitrogens is 3. The number of H-pyrrole nitrogens is 1. The van der Waals surface area contributed by atoms with Gasteiger partial charge in [0, 0.05) is 31.4 Å². The van der Waals surface area contributed by atoms with Crippen molar-refractivity contribution in [3.05, 3.63) is 22.1 Å². The summed E-state index contributed by atoms with van der Waals surface area (Å²) < 4.78 is 6.59. The number of fused-ring (bicyclic) bond motifs is 1. The Morgan fingerprint density at radius 3 is 2.72 bits per heavy atom. The van der Waals surface area contributed by atoms with Gasteiger partial charge in [-0.05, 0) is 39.7 Å². The Balaban J connectivity index is 1.56. The molecule has 1 aliphatic heterocycles. The molecule has 0 aromatic carbocycles. The van der Waals surface area contributed by atoms with E-state index in [0.717, 1.165) is 5.69 Å². The summed E-state index contributed by atoms with van der Waals surface area (Å²) in [6, 6.07) is 1.86. The highest BCUT2D eigenvalue weighted by Crippen LogP contribution is 2.19. The first-order chi connectivity index (χ1) is 13.9. The van der Waals surface area contributed by atoms with Gasteiger partial charge in [-0.25, -0.2) is 9.78 Å². The third-order valence-corrected chi connectivity index (χ3v) is 5.85. The lowest BCUT2D eigenvalue weighted by molar-refractivity contribution is -0.119. The molecular formula is C19H27N5O4S. The summed E-state index contributed by atoms with van der Waals surface area (Å²) in [5, 5.41) is 3.55. The second-order valence-electron chi connectivity index (χ2n) is 6.97. The predicted octanol–water partition coefficient (Wildman–Crippen LogP) is 1.88. The van der Waals surface area contributed by atoms with Crippen molar-refractivity contribution in [2.24, 2.45) is 0 Å². The summed E-state index contributed by atoms with van der Waals surface area (Å²) >= 11 is 1.26. The van der Waals surface area contributed by atoms with Crippen molar-refractivity contribution in [2.75, 3.05) is 25.4 Å². The SMILES string of the molecule is CCOC(=O)N1CCC(NC(=O)CSc2nc3cc(C)[nH]c3c(=O)n2CC)CC1. The molecule has 1 aliphatic rings. The number of piperidine rings is 1. The largest absolute Gasteiger partial charge is 0.450 e. The van der Waals surface area contributed by atoms with Crippen LogP contribution in [0.25, 0.3) is 11.0 Å². The number of likely N-dealkylation sites (tertiary alicyclic amines) is 1. The van der Waals surface area contributed by atoms with E-state index in [1.807, 2.05) is 19.9 Å². The van der Waals surface area contributed by atoms with Gasteiger partial charge in [-0.1, -0.05) is 11.8 Å². The normalized spacial score (nSPS) is 14.9. The molecular weight excluding hydrogens is 394 g/mol. The van der Waals surface area contributed by atoms with E-state index in [2.05, 4.69) is 15.3 Å². The fraction of sp³-hybridized carbons (Fsp3) is 0.579. The minimum Gasteiger partial charge on any atom is -0.450 e. The summed E-state index contributed by atoms with van der Waals surface area (Å²) in [6.07, 6.45) is 1.09. The van der Waals surface area contributed by atoms with E-state index in [0.29, 0.717) is 55.3 Å². The summed E-state index contributed by atoms with van der Waals surface area (Å²) in [5.74, 6) is 0.0752. The van der Waals surface area contributed by atoms with Crippen LogP contribution < -0.4 is 10.9 Å². The second kappa shape index (κ2) is 9.34. The average molecular weight is 422 g/mol. The van der Waals surface area contributed by atoms with Crippen molar-refractivity contribution < 1.29 is 14.3 Å². The summed E-state index contributed by atoms with van der Waals surface area (Å²) in [7, 11) is 0. The van der Waals surface area contributed by atoms with Crippen LogP contribution in [0, 0.1) is 6.92 Å². The van der Waals surface area contributed by atoms with Crippen molar-refractivity contribution in [3.8, 4) is 0 Å². The van der Waals surface area contributed by atoms with E-state index in [4.69, 9.17) is 4.74 Å². The maximum Gasteiger partial charge on any atom is 0.409 e. The van der Waals surface area contributed by atoms with Crippen LogP contribution in [0.2, 0.25) is 0 Å². The van der Waals surface area contributed by atoms with Gasteiger partial charge >= 0.3 is 6.09 Å². The zero-order chi connectivity index (χ0) is 21.0. The number of amides is 2. The van der Waals surface area contributed by atoms with E-state index in [1.165, 1.54) is 11.8 Å². The van der Waals surface area contributed by atoms with Crippen LogP contribution in [0.3, 0.4) is 0 Å². The van der Waals surface area contributed by atoms with E-state index < -0.39 is 0 Å². The van der Waals surface area contributed by atoms with Gasteiger partial charge in [0.1, 0.15) is 5.52 Å². The topological polar surface area (TPSA) is 109 Å². The van der Waals surface area contributed by atoms with Crippen molar-refractivity contribution in [1.82, 2.24) is 24.8 Å². The van der Waals surface area contributed by atoms with E-state index >= 15 is 0 Å². The molecule has 1 saturated heterocycles. The summed E-state index contributed by atoms with van der Waals surface area (Å²) in [4.78, 5) is 46.0. The molecule has 0 bridgehead atoms. The summed E-state index contributed by atoms with van der Waals surface area (Å²) in [6.45, 7) is 7.52. The molecule has 0 unspecified atom stereocenters. The number of rotatable bonds is 6. The maximum atomic E-state index is 12.6. The third-order valence-electron chi connectivity index (χ3n) is 4.87. The van der Waals surface area contributed by atoms with E-state index in [9.17, 15) is 14.4 Å². The van der Waals surface area contributed by atoms with Gasteiger partial charge in [-0.3, -0.25) is 14.2 Å². The van der Waals surface area contributed by atoms with E-state index in [1.54, 1.807) is 16.4 Å². The Hall–Kier alpha value is -2.49. The van der Waals surface area contributed by atoms with E-state index in [-0.39, 0.29) is 29.4 Å². The number of aryl methyl sites for hydroxylation is 1. The molecule has 9 nitrogen and oxygen atoms in total. The van der Waals surface area contributed by atoms with Crippen LogP contribution in [-0.2, 0) is 16.1 Å². The molecule has 2 amide bonds. The zero-order valence-electron chi connectivity index (χ0n) is 17.0. The second-order valence-corrected chi connectivity index (χ2v) is 7.92. The first-order valence-corrected chi connectivity index (χ1v) is 10.9. The lowest BCUT2D eigenvalue weighted by Crippen LogP contribution is -2.47. The number of nitrogens with one attached hydrogen (secondary N) is 2. The van der Waals surface area contributed by atoms with Gasteiger partial charge in [0.15, 0.2) is 5.16 Å². The van der Waals surface area contributed by atoms with Crippen LogP contribution in [0.4, 0.5) is 4.79 Å². The van der Waals surface area contributed by atoms with Crippen LogP contribution in [-0.4, -0.2) is 62.9 Å². The van der Waals surface area contributed by atoms with Crippen LogP contribution in [0.15, 0.2) is 16.0 Å². The van der Waals surface area contributed by atoms with Gasteiger partial charge in [0.25, 0.3) is 5.56 Å². The maximum absolute atomic E-state index is 12.6. The molecule has 3 rings (SSSR count). The number of ether oxygens (including phenoxy) is 1. The third kappa shape index (κ3) is 4.92. The standard InChI is InChI=1S/C19H27N5O4S/c1-4-24-17(26)16-14(10-12(3)20-16)22-18(24)29-11-15(25)21-13-6-8-23(9-7-13)19(27)28-5-2/h10,13,20H,4-9,11H2,1-3H3,(H,21,25). The van der Waals surface area contributed by atoms with Gasteiger partial charge in [0.05, 0.1) is 17.9 Å². The predicted molar refractivity (Wildman–Crippen MR) is 111 cm³/mol. The molecule has 0 aliphatic carbocycles. The molecule has 158 valence electrons. The number of carbonyl (C=O) groups excluding carboxylic acids is 2. The van der Waals surface area contributed by atoms with Crippen molar-refractivity contribution in [3.63, 3.8) is 0 Å². The van der Waals surface area contributed by atoms with Crippen LogP contribution >= 0.6 is 11.8 Å². The quantitative estimate of drug-likeness (QED) is 0.544. The highest BCUT2D eigenvalue weighted by Gasteiger charge is 2.24. The Labute approximate surface area is 173 Å². The Morgan fingerprint density at radius 1 is 1.34 bits per heavy atom. The molecule has 10 heteroatoms. The highest BCUT2D eigenvalue weighted by atomic mass is 32.2. The zero-order valence-corrected chi connectivity index (χ0v) is 17.8. The van der Waals surface area contributed by atoms with Gasteiger partial charge in [-0.2, -0.15) is 0 Å². The molecule has 2 aromatic rings. The van der Waals surface area contributed by atoms with Crippen molar-refractivity contribution >= 4 is 34.8 Å². The molecule has 0 atom stereocenters. The number of hydrogen-bond acceptors (Lipinski definition) is 6. The molecule has 1 fully saturated rings. The molecule has 0 radical (unpaired) electrons. The fourth-order valence-corrected chi connectivity index (χ4v) is 4.29. The minimum atomic E-state index is -0.299. The lowest BCUT2D eigenvalue weighted by Gasteiger charge is -2.31. The molecule has 2 N–H and O–H groups in total. The van der Waals surface area contributed by atoms with Gasteiger partial charge in [0.2, 0.25) is 5.91 Å². The lowest BCUT2D eigenvalue weighted by atomic mass is 10.1.